The first-order chi connectivity index (χ1) is 6.18. The molecule has 2 N–H and O–H groups in total. The summed E-state index contributed by atoms with van der Waals surface area (Å²) in [5.41, 5.74) is 1.44. The van der Waals surface area contributed by atoms with E-state index in [0.29, 0.717) is 5.46 Å². The Morgan fingerprint density at radius 1 is 1.46 bits per heavy atom. The van der Waals surface area contributed by atoms with E-state index in [4.69, 9.17) is 12.4 Å². The first-order valence-electron chi connectivity index (χ1n) is 3.52. The molecule has 1 aromatic rings. The summed E-state index contributed by atoms with van der Waals surface area (Å²) in [5.74, 6) is 0. The van der Waals surface area contributed by atoms with Crippen molar-refractivity contribution in [3.05, 3.63) is 24.3 Å². The number of hydrogen-bond acceptors (Lipinski definition) is 3. The molecule has 0 saturated carbocycles. The maximum atomic E-state index is 10.1. The number of hydrogen-bond donors (Lipinski definition) is 2. The van der Waals surface area contributed by atoms with Gasteiger partial charge in [-0.1, -0.05) is 17.6 Å². The third-order valence-electron chi connectivity index (χ3n) is 1.35. The van der Waals surface area contributed by atoms with Crippen LogP contribution in [0.2, 0.25) is 0 Å². The van der Waals surface area contributed by atoms with Gasteiger partial charge in [-0.05, 0) is 12.1 Å². The van der Waals surface area contributed by atoms with Crippen molar-refractivity contribution >= 4 is 30.4 Å². The SMILES string of the molecule is [B]c1ccc(NCOS(=O)O)cc1. The van der Waals surface area contributed by atoms with Crippen molar-refractivity contribution in [1.29, 1.82) is 0 Å². The largest absolute Gasteiger partial charge is 0.362 e. The highest BCUT2D eigenvalue weighted by Gasteiger charge is 1.93. The lowest BCUT2D eigenvalue weighted by Crippen LogP contribution is -2.08. The topological polar surface area (TPSA) is 58.6 Å². The zero-order chi connectivity index (χ0) is 9.68. The summed E-state index contributed by atoms with van der Waals surface area (Å²) in [7, 11) is 5.46. The van der Waals surface area contributed by atoms with Crippen molar-refractivity contribution in [2.45, 2.75) is 0 Å². The van der Waals surface area contributed by atoms with Crippen LogP contribution >= 0.6 is 0 Å². The molecule has 0 aliphatic carbocycles. The Kier molecular flexibility index (Phi) is 3.94. The third kappa shape index (κ3) is 4.07. The molecule has 1 atom stereocenters. The van der Waals surface area contributed by atoms with Gasteiger partial charge in [-0.3, -0.25) is 4.55 Å². The van der Waals surface area contributed by atoms with E-state index in [9.17, 15) is 4.21 Å². The summed E-state index contributed by atoms with van der Waals surface area (Å²) >= 11 is -2.23. The number of rotatable bonds is 4. The minimum Gasteiger partial charge on any atom is -0.362 e. The van der Waals surface area contributed by atoms with E-state index in [-0.39, 0.29) is 6.73 Å². The molecule has 1 unspecified atom stereocenters. The standard InChI is InChI=1S/C7H8BNO3S/c8-6-1-3-7(4-2-6)9-5-12-13(10)11/h1-4,9H,5H2,(H,10,11). The van der Waals surface area contributed by atoms with E-state index < -0.39 is 11.4 Å². The van der Waals surface area contributed by atoms with Crippen LogP contribution in [0.25, 0.3) is 0 Å². The maximum Gasteiger partial charge on any atom is 0.303 e. The molecular formula is C7H8BNO3S. The molecule has 0 heterocycles. The van der Waals surface area contributed by atoms with Gasteiger partial charge in [0.05, 0.1) is 0 Å². The minimum atomic E-state index is -2.23. The molecule has 13 heavy (non-hydrogen) atoms. The van der Waals surface area contributed by atoms with Crippen LogP contribution in [0.15, 0.2) is 24.3 Å². The van der Waals surface area contributed by atoms with Crippen molar-refractivity contribution < 1.29 is 12.9 Å². The van der Waals surface area contributed by atoms with Crippen molar-refractivity contribution in [2.75, 3.05) is 12.0 Å². The van der Waals surface area contributed by atoms with E-state index in [2.05, 4.69) is 9.50 Å². The van der Waals surface area contributed by atoms with Gasteiger partial charge in [-0.15, -0.1) is 0 Å². The van der Waals surface area contributed by atoms with Gasteiger partial charge in [0.2, 0.25) is 0 Å². The lowest BCUT2D eigenvalue weighted by Gasteiger charge is -2.04. The molecule has 0 spiro atoms. The van der Waals surface area contributed by atoms with E-state index in [0.717, 1.165) is 5.69 Å². The first-order valence-corrected chi connectivity index (χ1v) is 4.55. The monoisotopic (exact) mass is 197 g/mol. The third-order valence-corrected chi connectivity index (χ3v) is 1.67. The molecule has 0 bridgehead atoms. The van der Waals surface area contributed by atoms with Crippen LogP contribution in [0.1, 0.15) is 0 Å². The Morgan fingerprint density at radius 3 is 2.62 bits per heavy atom. The van der Waals surface area contributed by atoms with Crippen LogP contribution in [0, 0.1) is 0 Å². The van der Waals surface area contributed by atoms with Crippen molar-refractivity contribution in [3.8, 4) is 0 Å². The van der Waals surface area contributed by atoms with Gasteiger partial charge < -0.3 is 5.32 Å². The molecule has 0 fully saturated rings. The highest BCUT2D eigenvalue weighted by molar-refractivity contribution is 7.74. The summed E-state index contributed by atoms with van der Waals surface area (Å²) in [5, 5.41) is 2.77. The first kappa shape index (κ1) is 10.2. The number of nitrogens with one attached hydrogen (secondary N) is 1. The van der Waals surface area contributed by atoms with Crippen molar-refractivity contribution in [1.82, 2.24) is 0 Å². The summed E-state index contributed by atoms with van der Waals surface area (Å²) in [6, 6.07) is 6.94. The second-order valence-corrected chi connectivity index (χ2v) is 2.95. The average molecular weight is 197 g/mol. The van der Waals surface area contributed by atoms with Crippen LogP contribution in [-0.2, 0) is 15.5 Å². The Morgan fingerprint density at radius 2 is 2.08 bits per heavy atom. The maximum absolute atomic E-state index is 10.1. The second-order valence-electron chi connectivity index (χ2n) is 2.28. The average Bonchev–Trinajstić information content (AvgIpc) is 2.08. The molecule has 2 radical (unpaired) electrons. The van der Waals surface area contributed by atoms with Crippen LogP contribution in [0.4, 0.5) is 5.69 Å². The minimum absolute atomic E-state index is 0.0208. The molecule has 0 aromatic heterocycles. The lowest BCUT2D eigenvalue weighted by molar-refractivity contribution is 0.330. The highest BCUT2D eigenvalue weighted by Crippen LogP contribution is 2.02. The highest BCUT2D eigenvalue weighted by atomic mass is 32.2. The molecule has 1 aromatic carbocycles. The van der Waals surface area contributed by atoms with Crippen LogP contribution in [-0.4, -0.2) is 23.3 Å². The molecule has 1 rings (SSSR count). The predicted octanol–water partition coefficient (Wildman–Crippen LogP) is 0.00310. The summed E-state index contributed by atoms with van der Waals surface area (Å²) in [4.78, 5) is 0. The molecule has 0 amide bonds. The fourth-order valence-electron chi connectivity index (χ4n) is 0.764. The fraction of sp³-hybridized carbons (Fsp3) is 0.143. The van der Waals surface area contributed by atoms with E-state index >= 15 is 0 Å². The Balaban J connectivity index is 2.37. The van der Waals surface area contributed by atoms with Crippen molar-refractivity contribution in [3.63, 3.8) is 0 Å². The summed E-state index contributed by atoms with van der Waals surface area (Å²) in [6.07, 6.45) is 0. The van der Waals surface area contributed by atoms with Gasteiger partial charge in [0.1, 0.15) is 14.6 Å². The normalized spacial score (nSPS) is 12.4. The molecule has 0 saturated heterocycles. The van der Waals surface area contributed by atoms with Crippen LogP contribution < -0.4 is 10.8 Å². The van der Waals surface area contributed by atoms with Gasteiger partial charge >= 0.3 is 11.4 Å². The molecule has 4 nitrogen and oxygen atoms in total. The van der Waals surface area contributed by atoms with Gasteiger partial charge in [-0.2, -0.15) is 4.21 Å². The van der Waals surface area contributed by atoms with E-state index in [1.165, 1.54) is 0 Å². The van der Waals surface area contributed by atoms with Gasteiger partial charge in [-0.25, -0.2) is 4.18 Å². The lowest BCUT2D eigenvalue weighted by atomic mass is 9.96. The summed E-state index contributed by atoms with van der Waals surface area (Å²) in [6.45, 7) is -0.0208. The van der Waals surface area contributed by atoms with Gasteiger partial charge in [0, 0.05) is 5.69 Å². The van der Waals surface area contributed by atoms with Gasteiger partial charge in [0.25, 0.3) is 0 Å². The fourth-order valence-corrected chi connectivity index (χ4v) is 0.924. The molecule has 0 aliphatic rings. The number of anilines is 1. The summed E-state index contributed by atoms with van der Waals surface area (Å²) < 4.78 is 22.7. The van der Waals surface area contributed by atoms with Crippen LogP contribution in [0.3, 0.4) is 0 Å². The quantitative estimate of drug-likeness (QED) is 0.405. The van der Waals surface area contributed by atoms with E-state index in [1.54, 1.807) is 24.3 Å². The number of benzene rings is 1. The molecule has 6 heteroatoms. The molecular weight excluding hydrogens is 189 g/mol. The smallest absolute Gasteiger partial charge is 0.303 e. The Labute approximate surface area is 80.2 Å². The second kappa shape index (κ2) is 5.01. The predicted molar refractivity (Wildman–Crippen MR) is 52.2 cm³/mol. The Hall–Kier alpha value is -0.845. The van der Waals surface area contributed by atoms with Gasteiger partial charge in [0.15, 0.2) is 0 Å². The zero-order valence-electron chi connectivity index (χ0n) is 6.77. The molecule has 0 aliphatic heterocycles. The van der Waals surface area contributed by atoms with E-state index in [1.807, 2.05) is 0 Å². The Bertz CT molecular complexity index is 290. The zero-order valence-corrected chi connectivity index (χ0v) is 7.58. The van der Waals surface area contributed by atoms with Crippen molar-refractivity contribution in [2.24, 2.45) is 0 Å². The van der Waals surface area contributed by atoms with Crippen LogP contribution in [0.5, 0.6) is 0 Å². The molecule has 68 valence electrons.